The van der Waals surface area contributed by atoms with Crippen molar-refractivity contribution in [3.05, 3.63) is 35.7 Å². The Labute approximate surface area is 156 Å². The van der Waals surface area contributed by atoms with Crippen LogP contribution in [0.5, 0.6) is 0 Å². The van der Waals surface area contributed by atoms with E-state index in [2.05, 4.69) is 28.9 Å². The molecule has 5 nitrogen and oxygen atoms in total. The number of hydrogen-bond acceptors (Lipinski definition) is 5. The van der Waals surface area contributed by atoms with E-state index in [0.29, 0.717) is 18.0 Å². The molecule has 0 aliphatic carbocycles. The van der Waals surface area contributed by atoms with E-state index >= 15 is 0 Å². The maximum atomic E-state index is 12.6. The summed E-state index contributed by atoms with van der Waals surface area (Å²) in [5, 5.41) is 3.88. The lowest BCUT2D eigenvalue weighted by Gasteiger charge is -2.42. The minimum Gasteiger partial charge on any atom is -0.338 e. The standard InChI is InChI=1S/C17H21F3N4O.ClH/c1-16(2)10-24(8-7-13(16)21)9-14-22-15(23-25-14)11-3-5-12(6-4-11)17(18,19)20;/h3-6,13H,7-10,21H2,1-2H3;1H. The Balaban J connectivity index is 0.00000243. The van der Waals surface area contributed by atoms with Gasteiger partial charge < -0.3 is 10.3 Å². The third kappa shape index (κ3) is 4.55. The number of rotatable bonds is 3. The van der Waals surface area contributed by atoms with Crippen molar-refractivity contribution in [3.63, 3.8) is 0 Å². The summed E-state index contributed by atoms with van der Waals surface area (Å²) in [7, 11) is 0. The molecule has 2 heterocycles. The molecule has 1 atom stereocenters. The summed E-state index contributed by atoms with van der Waals surface area (Å²) in [5.41, 5.74) is 5.93. The minimum absolute atomic E-state index is 0. The van der Waals surface area contributed by atoms with Gasteiger partial charge in [-0.3, -0.25) is 4.90 Å². The third-order valence-electron chi connectivity index (χ3n) is 4.69. The first-order chi connectivity index (χ1) is 11.6. The van der Waals surface area contributed by atoms with Gasteiger partial charge in [0.15, 0.2) is 0 Å². The van der Waals surface area contributed by atoms with Crippen LogP contribution in [0.4, 0.5) is 13.2 Å². The minimum atomic E-state index is -4.36. The molecule has 1 unspecified atom stereocenters. The molecule has 0 radical (unpaired) electrons. The second kappa shape index (κ2) is 7.54. The van der Waals surface area contributed by atoms with Crippen molar-refractivity contribution in [2.45, 2.75) is 39.0 Å². The summed E-state index contributed by atoms with van der Waals surface area (Å²) < 4.78 is 43.1. The van der Waals surface area contributed by atoms with Crippen LogP contribution in [0, 0.1) is 5.41 Å². The van der Waals surface area contributed by atoms with Crippen molar-refractivity contribution >= 4 is 12.4 Å². The van der Waals surface area contributed by atoms with Gasteiger partial charge in [0.05, 0.1) is 12.1 Å². The highest BCUT2D eigenvalue weighted by atomic mass is 35.5. The summed E-state index contributed by atoms with van der Waals surface area (Å²) in [6.45, 7) is 6.44. The van der Waals surface area contributed by atoms with Crippen LogP contribution in [0.15, 0.2) is 28.8 Å². The van der Waals surface area contributed by atoms with Gasteiger partial charge in [-0.25, -0.2) is 0 Å². The first-order valence-electron chi connectivity index (χ1n) is 8.13. The Morgan fingerprint density at radius 2 is 1.92 bits per heavy atom. The molecule has 2 N–H and O–H groups in total. The largest absolute Gasteiger partial charge is 0.416 e. The summed E-state index contributed by atoms with van der Waals surface area (Å²) >= 11 is 0. The van der Waals surface area contributed by atoms with Crippen molar-refractivity contribution < 1.29 is 17.7 Å². The first kappa shape index (κ1) is 20.7. The summed E-state index contributed by atoms with van der Waals surface area (Å²) in [5.74, 6) is 0.734. The van der Waals surface area contributed by atoms with Gasteiger partial charge in [-0.2, -0.15) is 18.2 Å². The van der Waals surface area contributed by atoms with Crippen molar-refractivity contribution in [1.29, 1.82) is 0 Å². The Kier molecular flexibility index (Phi) is 5.99. The Bertz CT molecular complexity index is 730. The monoisotopic (exact) mass is 390 g/mol. The lowest BCUT2D eigenvalue weighted by atomic mass is 9.80. The van der Waals surface area contributed by atoms with Gasteiger partial charge in [0.2, 0.25) is 11.7 Å². The Morgan fingerprint density at radius 1 is 1.27 bits per heavy atom. The van der Waals surface area contributed by atoms with Crippen molar-refractivity contribution in [3.8, 4) is 11.4 Å². The van der Waals surface area contributed by atoms with E-state index in [-0.39, 0.29) is 29.7 Å². The van der Waals surface area contributed by atoms with Gasteiger partial charge >= 0.3 is 6.18 Å². The molecule has 0 amide bonds. The molecule has 1 fully saturated rings. The number of benzene rings is 1. The van der Waals surface area contributed by atoms with E-state index < -0.39 is 11.7 Å². The van der Waals surface area contributed by atoms with E-state index in [4.69, 9.17) is 10.3 Å². The van der Waals surface area contributed by atoms with Crippen LogP contribution in [-0.4, -0.2) is 34.2 Å². The number of hydrogen-bond donors (Lipinski definition) is 1. The molecule has 1 aliphatic rings. The average Bonchev–Trinajstić information content (AvgIpc) is 2.98. The van der Waals surface area contributed by atoms with Crippen LogP contribution in [0.1, 0.15) is 31.7 Å². The highest BCUT2D eigenvalue weighted by molar-refractivity contribution is 5.85. The number of nitrogens with two attached hydrogens (primary N) is 1. The van der Waals surface area contributed by atoms with Gasteiger partial charge in [0.25, 0.3) is 0 Å². The van der Waals surface area contributed by atoms with Gasteiger partial charge in [-0.15, -0.1) is 12.4 Å². The van der Waals surface area contributed by atoms with Crippen molar-refractivity contribution in [2.24, 2.45) is 11.1 Å². The van der Waals surface area contributed by atoms with E-state index in [0.717, 1.165) is 31.6 Å². The lowest BCUT2D eigenvalue weighted by molar-refractivity contribution is -0.137. The fourth-order valence-electron chi connectivity index (χ4n) is 3.06. The van der Waals surface area contributed by atoms with Crippen LogP contribution in [0.2, 0.25) is 0 Å². The highest BCUT2D eigenvalue weighted by Crippen LogP contribution is 2.31. The fraction of sp³-hybridized carbons (Fsp3) is 0.529. The van der Waals surface area contributed by atoms with E-state index in [9.17, 15) is 13.2 Å². The zero-order chi connectivity index (χ0) is 18.2. The molecule has 26 heavy (non-hydrogen) atoms. The molecule has 1 aromatic heterocycles. The van der Waals surface area contributed by atoms with Crippen LogP contribution >= 0.6 is 12.4 Å². The van der Waals surface area contributed by atoms with Crippen LogP contribution < -0.4 is 5.73 Å². The first-order valence-corrected chi connectivity index (χ1v) is 8.13. The van der Waals surface area contributed by atoms with E-state index in [1.54, 1.807) is 0 Å². The van der Waals surface area contributed by atoms with Crippen LogP contribution in [0.25, 0.3) is 11.4 Å². The molecule has 0 bridgehead atoms. The predicted octanol–water partition coefficient (Wildman–Crippen LogP) is 3.74. The summed E-state index contributed by atoms with van der Waals surface area (Å²) in [4.78, 5) is 6.50. The topological polar surface area (TPSA) is 68.2 Å². The van der Waals surface area contributed by atoms with Gasteiger partial charge in [0.1, 0.15) is 0 Å². The zero-order valence-electron chi connectivity index (χ0n) is 14.6. The van der Waals surface area contributed by atoms with Gasteiger partial charge in [0, 0.05) is 24.7 Å². The maximum absolute atomic E-state index is 12.6. The van der Waals surface area contributed by atoms with E-state index in [1.165, 1.54) is 12.1 Å². The number of piperidine rings is 1. The second-order valence-electron chi connectivity index (χ2n) is 7.18. The predicted molar refractivity (Wildman–Crippen MR) is 93.6 cm³/mol. The molecule has 3 rings (SSSR count). The SMILES string of the molecule is CC1(C)CN(Cc2nc(-c3ccc(C(F)(F)F)cc3)no2)CCC1N.Cl. The molecule has 2 aromatic rings. The van der Waals surface area contributed by atoms with Crippen molar-refractivity contribution in [2.75, 3.05) is 13.1 Å². The van der Waals surface area contributed by atoms with Crippen molar-refractivity contribution in [1.82, 2.24) is 15.0 Å². The average molecular weight is 391 g/mol. The Hall–Kier alpha value is -1.64. The molecule has 1 aliphatic heterocycles. The van der Waals surface area contributed by atoms with E-state index in [1.807, 2.05) is 0 Å². The number of nitrogens with zero attached hydrogens (tertiary/aromatic N) is 3. The molecule has 9 heteroatoms. The quantitative estimate of drug-likeness (QED) is 0.864. The fourth-order valence-corrected chi connectivity index (χ4v) is 3.06. The zero-order valence-corrected chi connectivity index (χ0v) is 15.4. The smallest absolute Gasteiger partial charge is 0.338 e. The summed E-state index contributed by atoms with van der Waals surface area (Å²) in [6, 6.07) is 4.88. The molecule has 1 aromatic carbocycles. The normalized spacial score (nSPS) is 20.6. The molecule has 1 saturated heterocycles. The molecular weight excluding hydrogens is 369 g/mol. The molecule has 0 spiro atoms. The Morgan fingerprint density at radius 3 is 2.50 bits per heavy atom. The number of halogens is 4. The van der Waals surface area contributed by atoms with Crippen LogP contribution in [0.3, 0.4) is 0 Å². The highest BCUT2D eigenvalue weighted by Gasteiger charge is 2.34. The summed E-state index contributed by atoms with van der Waals surface area (Å²) in [6.07, 6.45) is -3.46. The number of likely N-dealkylation sites (tertiary alicyclic amines) is 1. The third-order valence-corrected chi connectivity index (χ3v) is 4.69. The molecular formula is C17H22ClF3N4O. The van der Waals surface area contributed by atoms with Gasteiger partial charge in [-0.1, -0.05) is 31.1 Å². The number of aromatic nitrogens is 2. The molecule has 0 saturated carbocycles. The second-order valence-corrected chi connectivity index (χ2v) is 7.18. The van der Waals surface area contributed by atoms with Crippen LogP contribution in [-0.2, 0) is 12.7 Å². The lowest BCUT2D eigenvalue weighted by Crippen LogP contribution is -2.52. The maximum Gasteiger partial charge on any atom is 0.416 e. The number of alkyl halides is 3. The van der Waals surface area contributed by atoms with Gasteiger partial charge in [-0.05, 0) is 24.0 Å². The molecule has 144 valence electrons.